The fraction of sp³-hybridized carbons (Fsp3) is 0.375. The molecule has 4 heteroatoms. The average Bonchev–Trinajstić information content (AvgIpc) is 2.34. The molecule has 1 fully saturated rings. The Kier molecular flexibility index (Phi) is 4.23. The number of aliphatic carboxylic acids is 1. The molecule has 106 valence electrons. The molecule has 1 aromatic carbocycles. The maximum Gasteiger partial charge on any atom is 0.328 e. The summed E-state index contributed by atoms with van der Waals surface area (Å²) in [4.78, 5) is 24.9. The van der Waals surface area contributed by atoms with Gasteiger partial charge in [0.1, 0.15) is 0 Å². The van der Waals surface area contributed by atoms with Gasteiger partial charge in [-0.15, -0.1) is 0 Å². The number of carbonyl (C=O) groups excluding carboxylic acids is 1. The molecule has 0 heterocycles. The second kappa shape index (κ2) is 5.90. The quantitative estimate of drug-likeness (QED) is 0.858. The van der Waals surface area contributed by atoms with Crippen molar-refractivity contribution in [1.29, 1.82) is 0 Å². The maximum atomic E-state index is 12.5. The molecule has 2 rings (SSSR count). The standard InChI is InChI=1S/C16H19NO3/c1-11-12(9-10-15(18)19)5-3-8-14(11)16(20)17(2)13-6-4-7-13/h3,5,8-10,13H,4,6-7H2,1-2H3,(H,18,19)/b10-9+. The Labute approximate surface area is 118 Å². The molecule has 0 bridgehead atoms. The summed E-state index contributed by atoms with van der Waals surface area (Å²) in [7, 11) is 1.84. The molecular formula is C16H19NO3. The predicted molar refractivity (Wildman–Crippen MR) is 77.6 cm³/mol. The van der Waals surface area contributed by atoms with Crippen molar-refractivity contribution in [2.24, 2.45) is 0 Å². The minimum atomic E-state index is -0.993. The van der Waals surface area contributed by atoms with E-state index < -0.39 is 5.97 Å². The molecule has 1 aliphatic carbocycles. The van der Waals surface area contributed by atoms with Crippen LogP contribution in [0, 0.1) is 6.92 Å². The lowest BCUT2D eigenvalue weighted by Gasteiger charge is -2.35. The summed E-state index contributed by atoms with van der Waals surface area (Å²) < 4.78 is 0. The largest absolute Gasteiger partial charge is 0.478 e. The number of carbonyl (C=O) groups is 2. The van der Waals surface area contributed by atoms with Gasteiger partial charge in [0.05, 0.1) is 0 Å². The monoisotopic (exact) mass is 273 g/mol. The van der Waals surface area contributed by atoms with Crippen LogP contribution in [0.2, 0.25) is 0 Å². The Morgan fingerprint density at radius 3 is 2.60 bits per heavy atom. The van der Waals surface area contributed by atoms with Gasteiger partial charge in [-0.25, -0.2) is 4.79 Å². The Morgan fingerprint density at radius 1 is 1.35 bits per heavy atom. The zero-order valence-corrected chi connectivity index (χ0v) is 11.8. The van der Waals surface area contributed by atoms with Crippen LogP contribution in [-0.2, 0) is 4.79 Å². The van der Waals surface area contributed by atoms with E-state index in [0.717, 1.165) is 30.0 Å². The predicted octanol–water partition coefficient (Wildman–Crippen LogP) is 2.72. The van der Waals surface area contributed by atoms with Gasteiger partial charge in [0.25, 0.3) is 5.91 Å². The third-order valence-electron chi connectivity index (χ3n) is 3.95. The van der Waals surface area contributed by atoms with Crippen molar-refractivity contribution >= 4 is 18.0 Å². The van der Waals surface area contributed by atoms with Gasteiger partial charge in [0, 0.05) is 24.7 Å². The van der Waals surface area contributed by atoms with Crippen LogP contribution in [0.15, 0.2) is 24.3 Å². The van der Waals surface area contributed by atoms with Crippen LogP contribution in [0.4, 0.5) is 0 Å². The summed E-state index contributed by atoms with van der Waals surface area (Å²) in [6.45, 7) is 1.85. The lowest BCUT2D eigenvalue weighted by atomic mass is 9.91. The second-order valence-electron chi connectivity index (χ2n) is 5.19. The highest BCUT2D eigenvalue weighted by Gasteiger charge is 2.27. The zero-order valence-electron chi connectivity index (χ0n) is 11.8. The van der Waals surface area contributed by atoms with Gasteiger partial charge in [-0.2, -0.15) is 0 Å². The second-order valence-corrected chi connectivity index (χ2v) is 5.19. The maximum absolute atomic E-state index is 12.5. The Balaban J connectivity index is 2.25. The SMILES string of the molecule is Cc1c(/C=C/C(=O)O)cccc1C(=O)N(C)C1CCC1. The zero-order chi connectivity index (χ0) is 14.7. The number of rotatable bonds is 4. The molecule has 1 saturated carbocycles. The highest BCUT2D eigenvalue weighted by Crippen LogP contribution is 2.26. The van der Waals surface area contributed by atoms with E-state index in [1.165, 1.54) is 12.5 Å². The molecule has 0 aliphatic heterocycles. The van der Waals surface area contributed by atoms with E-state index >= 15 is 0 Å². The highest BCUT2D eigenvalue weighted by molar-refractivity contribution is 5.97. The molecule has 0 spiro atoms. The summed E-state index contributed by atoms with van der Waals surface area (Å²) in [5, 5.41) is 8.68. The van der Waals surface area contributed by atoms with Crippen molar-refractivity contribution in [3.63, 3.8) is 0 Å². The summed E-state index contributed by atoms with van der Waals surface area (Å²) in [6, 6.07) is 5.75. The molecule has 1 aliphatic rings. The van der Waals surface area contributed by atoms with Crippen molar-refractivity contribution in [2.45, 2.75) is 32.2 Å². The van der Waals surface area contributed by atoms with Crippen LogP contribution in [-0.4, -0.2) is 35.0 Å². The number of amides is 1. The number of hydrogen-bond acceptors (Lipinski definition) is 2. The van der Waals surface area contributed by atoms with E-state index in [0.29, 0.717) is 11.6 Å². The average molecular weight is 273 g/mol. The van der Waals surface area contributed by atoms with Crippen molar-refractivity contribution in [3.05, 3.63) is 41.0 Å². The molecule has 0 unspecified atom stereocenters. The normalized spacial score (nSPS) is 15.1. The summed E-state index contributed by atoms with van der Waals surface area (Å²) >= 11 is 0. The van der Waals surface area contributed by atoms with Crippen LogP contribution in [0.1, 0.15) is 40.7 Å². The van der Waals surface area contributed by atoms with E-state index in [2.05, 4.69) is 0 Å². The van der Waals surface area contributed by atoms with Gasteiger partial charge in [0.15, 0.2) is 0 Å². The van der Waals surface area contributed by atoms with Crippen LogP contribution in [0.3, 0.4) is 0 Å². The third-order valence-corrected chi connectivity index (χ3v) is 3.95. The molecule has 0 saturated heterocycles. The minimum Gasteiger partial charge on any atom is -0.478 e. The molecule has 0 atom stereocenters. The van der Waals surface area contributed by atoms with E-state index in [-0.39, 0.29) is 5.91 Å². The van der Waals surface area contributed by atoms with Gasteiger partial charge in [-0.05, 0) is 49.5 Å². The fourth-order valence-electron chi connectivity index (χ4n) is 2.36. The van der Waals surface area contributed by atoms with Crippen LogP contribution in [0.25, 0.3) is 6.08 Å². The highest BCUT2D eigenvalue weighted by atomic mass is 16.4. The van der Waals surface area contributed by atoms with Gasteiger partial charge >= 0.3 is 5.97 Å². The van der Waals surface area contributed by atoms with Gasteiger partial charge in [0.2, 0.25) is 0 Å². The van der Waals surface area contributed by atoms with E-state index in [1.807, 2.05) is 20.0 Å². The molecule has 4 nitrogen and oxygen atoms in total. The first kappa shape index (κ1) is 14.3. The van der Waals surface area contributed by atoms with E-state index in [9.17, 15) is 9.59 Å². The molecule has 20 heavy (non-hydrogen) atoms. The van der Waals surface area contributed by atoms with E-state index in [1.54, 1.807) is 17.0 Å². The van der Waals surface area contributed by atoms with Crippen LogP contribution < -0.4 is 0 Å². The first-order valence-electron chi connectivity index (χ1n) is 6.78. The molecule has 1 amide bonds. The van der Waals surface area contributed by atoms with Gasteiger partial charge < -0.3 is 10.0 Å². The Morgan fingerprint density at radius 2 is 2.05 bits per heavy atom. The smallest absolute Gasteiger partial charge is 0.328 e. The van der Waals surface area contributed by atoms with Crippen LogP contribution in [0.5, 0.6) is 0 Å². The van der Waals surface area contributed by atoms with Crippen molar-refractivity contribution in [1.82, 2.24) is 4.90 Å². The fourth-order valence-corrected chi connectivity index (χ4v) is 2.36. The topological polar surface area (TPSA) is 57.6 Å². The first-order valence-corrected chi connectivity index (χ1v) is 6.78. The third kappa shape index (κ3) is 2.90. The van der Waals surface area contributed by atoms with Crippen LogP contribution >= 0.6 is 0 Å². The first-order chi connectivity index (χ1) is 9.50. The number of hydrogen-bond donors (Lipinski definition) is 1. The van der Waals surface area contributed by atoms with Crippen molar-refractivity contribution in [2.75, 3.05) is 7.05 Å². The van der Waals surface area contributed by atoms with E-state index in [4.69, 9.17) is 5.11 Å². The van der Waals surface area contributed by atoms with Crippen molar-refractivity contribution in [3.8, 4) is 0 Å². The Bertz CT molecular complexity index is 559. The minimum absolute atomic E-state index is 0.0118. The lowest BCUT2D eigenvalue weighted by Crippen LogP contribution is -2.41. The number of benzene rings is 1. The summed E-state index contributed by atoms with van der Waals surface area (Å²) in [5.74, 6) is -0.981. The lowest BCUT2D eigenvalue weighted by molar-refractivity contribution is -0.131. The molecular weight excluding hydrogens is 254 g/mol. The van der Waals surface area contributed by atoms with Gasteiger partial charge in [-0.3, -0.25) is 4.79 Å². The number of nitrogens with zero attached hydrogens (tertiary/aromatic N) is 1. The summed E-state index contributed by atoms with van der Waals surface area (Å²) in [5.41, 5.74) is 2.23. The molecule has 1 N–H and O–H groups in total. The molecule has 1 aromatic rings. The number of carboxylic acid groups (broad SMARTS) is 1. The van der Waals surface area contributed by atoms with Gasteiger partial charge in [-0.1, -0.05) is 12.1 Å². The Hall–Kier alpha value is -2.10. The number of carboxylic acids is 1. The summed E-state index contributed by atoms with van der Waals surface area (Å²) in [6.07, 6.45) is 5.94. The molecule has 0 radical (unpaired) electrons. The molecule has 0 aromatic heterocycles. The van der Waals surface area contributed by atoms with Crippen molar-refractivity contribution < 1.29 is 14.7 Å².